The molecule has 0 heterocycles. The van der Waals surface area contributed by atoms with Gasteiger partial charge in [0.2, 0.25) is 0 Å². The molecule has 0 radical (unpaired) electrons. The molecule has 0 spiro atoms. The van der Waals surface area contributed by atoms with Crippen LogP contribution in [-0.2, 0) is 0 Å². The molecule has 0 rings (SSSR count). The van der Waals surface area contributed by atoms with Gasteiger partial charge in [0.25, 0.3) is 0 Å². The predicted octanol–water partition coefficient (Wildman–Crippen LogP) is -0.251. The molecule has 0 bridgehead atoms. The molecule has 9 heavy (non-hydrogen) atoms. The number of nitrogens with two attached hydrogens (primary N) is 2. The Kier molecular flexibility index (Phi) is 14.5. The van der Waals surface area contributed by atoms with E-state index in [4.69, 9.17) is 5.73 Å². The Morgan fingerprint density at radius 3 is 2.00 bits per heavy atom. The third-order valence-electron chi connectivity index (χ3n) is 1.01. The summed E-state index contributed by atoms with van der Waals surface area (Å²) in [5, 5.41) is 4.64. The molecular formula is C6H20N2Si. The van der Waals surface area contributed by atoms with Gasteiger partial charge in [-0.3, -0.25) is 0 Å². The second-order valence-electron chi connectivity index (χ2n) is 2.12. The minimum atomic E-state index is 0.403. The van der Waals surface area contributed by atoms with Crippen molar-refractivity contribution in [3.8, 4) is 0 Å². The van der Waals surface area contributed by atoms with Crippen molar-refractivity contribution in [3.05, 3.63) is 0 Å². The Labute approximate surface area is 61.5 Å². The first-order valence-corrected chi connectivity index (χ1v) is 4.76. The van der Waals surface area contributed by atoms with Crippen molar-refractivity contribution >= 4 is 10.4 Å². The zero-order valence-electron chi connectivity index (χ0n) is 6.85. The summed E-state index contributed by atoms with van der Waals surface area (Å²) < 4.78 is 0. The van der Waals surface area contributed by atoms with E-state index in [1.165, 1.54) is 19.3 Å². The third kappa shape index (κ3) is 17.9. The lowest BCUT2D eigenvalue weighted by Crippen LogP contribution is -2.13. The van der Waals surface area contributed by atoms with Crippen molar-refractivity contribution in [2.45, 2.75) is 39.2 Å². The molecule has 0 aliphatic heterocycles. The SMILES string of the molecule is CCCCC(C)N.N[SiH3]. The molecule has 0 aromatic rings. The standard InChI is InChI=1S/C6H15N.H5NSi/c1-3-4-5-6(2)7;1-2/h6H,3-5,7H2,1-2H3;1H2,2H3. The van der Waals surface area contributed by atoms with E-state index in [1.807, 2.05) is 0 Å². The number of hydrogen-bond acceptors (Lipinski definition) is 2. The highest BCUT2D eigenvalue weighted by molar-refractivity contribution is 6.02. The van der Waals surface area contributed by atoms with Crippen LogP contribution in [0.2, 0.25) is 0 Å². The van der Waals surface area contributed by atoms with Gasteiger partial charge in [-0.25, -0.2) is 0 Å². The first kappa shape index (κ1) is 11.9. The maximum Gasteiger partial charge on any atom is 0.0716 e. The monoisotopic (exact) mass is 148 g/mol. The molecule has 0 aliphatic rings. The fourth-order valence-electron chi connectivity index (χ4n) is 0.526. The number of hydrogen-bond donors (Lipinski definition) is 2. The lowest BCUT2D eigenvalue weighted by Gasteiger charge is -1.99. The van der Waals surface area contributed by atoms with Gasteiger partial charge in [0.05, 0.1) is 10.4 Å². The average molecular weight is 148 g/mol. The van der Waals surface area contributed by atoms with E-state index < -0.39 is 0 Å². The Balaban J connectivity index is 0. The quantitative estimate of drug-likeness (QED) is 0.542. The van der Waals surface area contributed by atoms with Gasteiger partial charge in [0.1, 0.15) is 0 Å². The lowest BCUT2D eigenvalue weighted by atomic mass is 10.2. The van der Waals surface area contributed by atoms with Crippen molar-refractivity contribution in [1.82, 2.24) is 0 Å². The zero-order chi connectivity index (χ0) is 7.70. The minimum absolute atomic E-state index is 0.403. The summed E-state index contributed by atoms with van der Waals surface area (Å²) in [4.78, 5) is 0. The van der Waals surface area contributed by atoms with Gasteiger partial charge in [-0.05, 0) is 13.3 Å². The van der Waals surface area contributed by atoms with Crippen LogP contribution in [0.1, 0.15) is 33.1 Å². The molecular weight excluding hydrogens is 128 g/mol. The van der Waals surface area contributed by atoms with E-state index in [0.717, 1.165) is 10.4 Å². The Morgan fingerprint density at radius 2 is 1.89 bits per heavy atom. The topological polar surface area (TPSA) is 52.0 Å². The molecule has 0 saturated heterocycles. The van der Waals surface area contributed by atoms with Crippen LogP contribution in [0, 0.1) is 0 Å². The first-order valence-electron chi connectivity index (χ1n) is 3.60. The zero-order valence-corrected chi connectivity index (χ0v) is 8.85. The maximum absolute atomic E-state index is 5.48. The van der Waals surface area contributed by atoms with E-state index in [1.54, 1.807) is 0 Å². The van der Waals surface area contributed by atoms with Crippen molar-refractivity contribution in [1.29, 1.82) is 0 Å². The fraction of sp³-hybridized carbons (Fsp3) is 1.00. The molecule has 2 nitrogen and oxygen atoms in total. The predicted molar refractivity (Wildman–Crippen MR) is 47.3 cm³/mol. The van der Waals surface area contributed by atoms with Crippen LogP contribution in [0.15, 0.2) is 0 Å². The fourth-order valence-corrected chi connectivity index (χ4v) is 0.526. The van der Waals surface area contributed by atoms with Gasteiger partial charge in [0, 0.05) is 6.04 Å². The van der Waals surface area contributed by atoms with Crippen molar-refractivity contribution in [2.75, 3.05) is 0 Å². The van der Waals surface area contributed by atoms with Crippen LogP contribution in [-0.4, -0.2) is 16.4 Å². The smallest absolute Gasteiger partial charge is 0.0716 e. The summed E-state index contributed by atoms with van der Waals surface area (Å²) in [6.07, 6.45) is 3.72. The van der Waals surface area contributed by atoms with Gasteiger partial charge in [0.15, 0.2) is 0 Å². The summed E-state index contributed by atoms with van der Waals surface area (Å²) in [5.41, 5.74) is 5.48. The molecule has 0 aromatic heterocycles. The van der Waals surface area contributed by atoms with E-state index in [-0.39, 0.29) is 0 Å². The van der Waals surface area contributed by atoms with Crippen LogP contribution in [0.4, 0.5) is 0 Å². The molecule has 58 valence electrons. The average Bonchev–Trinajstić information content (AvgIpc) is 1.88. The van der Waals surface area contributed by atoms with Gasteiger partial charge in [-0.15, -0.1) is 0 Å². The summed E-state index contributed by atoms with van der Waals surface area (Å²) in [7, 11) is 0.806. The Hall–Kier alpha value is 0.137. The third-order valence-corrected chi connectivity index (χ3v) is 1.01. The van der Waals surface area contributed by atoms with Crippen LogP contribution in [0.25, 0.3) is 0 Å². The van der Waals surface area contributed by atoms with Crippen molar-refractivity contribution in [2.24, 2.45) is 11.1 Å². The van der Waals surface area contributed by atoms with E-state index in [0.29, 0.717) is 6.04 Å². The molecule has 0 aromatic carbocycles. The first-order chi connectivity index (χ1) is 4.27. The van der Waals surface area contributed by atoms with Crippen LogP contribution in [0.3, 0.4) is 0 Å². The molecule has 1 atom stereocenters. The molecule has 4 N–H and O–H groups in total. The minimum Gasteiger partial charge on any atom is -0.358 e. The highest BCUT2D eigenvalue weighted by Crippen LogP contribution is 1.95. The highest BCUT2D eigenvalue weighted by atomic mass is 28.2. The molecule has 0 amide bonds. The number of unbranched alkanes of at least 4 members (excludes halogenated alkanes) is 1. The van der Waals surface area contributed by atoms with E-state index in [2.05, 4.69) is 19.2 Å². The van der Waals surface area contributed by atoms with E-state index in [9.17, 15) is 0 Å². The van der Waals surface area contributed by atoms with Crippen molar-refractivity contribution < 1.29 is 0 Å². The summed E-state index contributed by atoms with van der Waals surface area (Å²) in [5.74, 6) is 0. The summed E-state index contributed by atoms with van der Waals surface area (Å²) in [6.45, 7) is 4.23. The summed E-state index contributed by atoms with van der Waals surface area (Å²) in [6, 6.07) is 0.403. The lowest BCUT2D eigenvalue weighted by molar-refractivity contribution is 0.616. The Morgan fingerprint density at radius 1 is 1.44 bits per heavy atom. The van der Waals surface area contributed by atoms with Gasteiger partial charge in [-0.2, -0.15) is 0 Å². The van der Waals surface area contributed by atoms with Crippen LogP contribution >= 0.6 is 0 Å². The highest BCUT2D eigenvalue weighted by Gasteiger charge is 1.88. The molecule has 1 unspecified atom stereocenters. The second-order valence-corrected chi connectivity index (χ2v) is 2.12. The van der Waals surface area contributed by atoms with Crippen LogP contribution < -0.4 is 11.1 Å². The van der Waals surface area contributed by atoms with Gasteiger partial charge < -0.3 is 11.1 Å². The molecule has 0 aliphatic carbocycles. The van der Waals surface area contributed by atoms with E-state index >= 15 is 0 Å². The largest absolute Gasteiger partial charge is 0.358 e. The molecule has 3 heteroatoms. The normalized spacial score (nSPS) is 12.0. The summed E-state index contributed by atoms with van der Waals surface area (Å²) >= 11 is 0. The Bertz CT molecular complexity index is 40.0. The molecule has 0 saturated carbocycles. The van der Waals surface area contributed by atoms with Crippen molar-refractivity contribution in [3.63, 3.8) is 0 Å². The number of rotatable bonds is 3. The van der Waals surface area contributed by atoms with Gasteiger partial charge >= 0.3 is 0 Å². The van der Waals surface area contributed by atoms with Gasteiger partial charge in [-0.1, -0.05) is 19.8 Å². The maximum atomic E-state index is 5.48. The van der Waals surface area contributed by atoms with Crippen LogP contribution in [0.5, 0.6) is 0 Å². The molecule has 0 fully saturated rings. The second kappa shape index (κ2) is 11.0.